The molecule has 1 rings (SSSR count). The van der Waals surface area contributed by atoms with Crippen LogP contribution in [0.4, 0.5) is 8.78 Å². The van der Waals surface area contributed by atoms with Crippen LogP contribution in [0.1, 0.15) is 11.1 Å². The summed E-state index contributed by atoms with van der Waals surface area (Å²) in [5.41, 5.74) is 0.348. The highest BCUT2D eigenvalue weighted by molar-refractivity contribution is 9.08. The van der Waals surface area contributed by atoms with Crippen molar-refractivity contribution >= 4 is 21.9 Å². The fraction of sp³-hybridized carbons (Fsp3) is 0.222. The molecular formula is C9H7BrF2O2. The normalized spacial score (nSPS) is 10.2. The molecule has 0 aliphatic heterocycles. The Morgan fingerprint density at radius 1 is 1.43 bits per heavy atom. The van der Waals surface area contributed by atoms with E-state index in [1.165, 1.54) is 0 Å². The first-order chi connectivity index (χ1) is 6.54. The zero-order chi connectivity index (χ0) is 10.7. The minimum absolute atomic E-state index is 0.0239. The van der Waals surface area contributed by atoms with Gasteiger partial charge in [-0.25, -0.2) is 8.78 Å². The standard InChI is InChI=1S/C9H7BrF2O2/c10-4-5-1-6(11)2-8(12)7(5)3-9(13)14/h1-2H,3-4H2,(H,13,14). The van der Waals surface area contributed by atoms with Crippen LogP contribution in [-0.2, 0) is 16.5 Å². The molecule has 0 aromatic heterocycles. The number of carboxylic acid groups (broad SMARTS) is 1. The van der Waals surface area contributed by atoms with Crippen molar-refractivity contribution in [2.75, 3.05) is 0 Å². The monoisotopic (exact) mass is 264 g/mol. The Balaban J connectivity index is 3.18. The van der Waals surface area contributed by atoms with E-state index in [0.29, 0.717) is 11.6 Å². The van der Waals surface area contributed by atoms with Crippen LogP contribution in [0.2, 0.25) is 0 Å². The summed E-state index contributed by atoms with van der Waals surface area (Å²) >= 11 is 3.04. The van der Waals surface area contributed by atoms with Gasteiger partial charge in [-0.05, 0) is 11.6 Å². The van der Waals surface area contributed by atoms with Crippen LogP contribution in [0.3, 0.4) is 0 Å². The Kier molecular flexibility index (Phi) is 3.57. The molecular weight excluding hydrogens is 258 g/mol. The molecule has 1 aromatic rings. The molecule has 0 fully saturated rings. The molecule has 76 valence electrons. The Hall–Kier alpha value is -0.970. The third-order valence-corrected chi connectivity index (χ3v) is 2.33. The summed E-state index contributed by atoms with van der Waals surface area (Å²) in [4.78, 5) is 10.4. The third-order valence-electron chi connectivity index (χ3n) is 1.72. The maximum absolute atomic E-state index is 13.1. The zero-order valence-electron chi connectivity index (χ0n) is 7.06. The van der Waals surface area contributed by atoms with E-state index in [1.807, 2.05) is 0 Å². The number of carbonyl (C=O) groups is 1. The molecule has 0 unspecified atom stereocenters. The van der Waals surface area contributed by atoms with Gasteiger partial charge in [-0.3, -0.25) is 4.79 Å². The Labute approximate surface area is 87.7 Å². The quantitative estimate of drug-likeness (QED) is 0.852. The first-order valence-corrected chi connectivity index (χ1v) is 4.91. The van der Waals surface area contributed by atoms with Gasteiger partial charge in [-0.1, -0.05) is 15.9 Å². The lowest BCUT2D eigenvalue weighted by molar-refractivity contribution is -0.136. The van der Waals surface area contributed by atoms with Crippen LogP contribution >= 0.6 is 15.9 Å². The Morgan fingerprint density at radius 2 is 2.07 bits per heavy atom. The molecule has 0 amide bonds. The highest BCUT2D eigenvalue weighted by Gasteiger charge is 2.13. The minimum Gasteiger partial charge on any atom is -0.481 e. The van der Waals surface area contributed by atoms with Crippen molar-refractivity contribution in [3.05, 3.63) is 34.9 Å². The average Bonchev–Trinajstić information content (AvgIpc) is 2.08. The van der Waals surface area contributed by atoms with Crippen LogP contribution in [-0.4, -0.2) is 11.1 Å². The highest BCUT2D eigenvalue weighted by Crippen LogP contribution is 2.19. The first kappa shape index (κ1) is 11.1. The molecule has 0 heterocycles. The summed E-state index contributed by atoms with van der Waals surface area (Å²) in [5, 5.41) is 8.73. The van der Waals surface area contributed by atoms with Crippen molar-refractivity contribution < 1.29 is 18.7 Å². The van der Waals surface area contributed by atoms with Gasteiger partial charge in [0.05, 0.1) is 6.42 Å². The van der Waals surface area contributed by atoms with Gasteiger partial charge in [-0.15, -0.1) is 0 Å². The smallest absolute Gasteiger partial charge is 0.307 e. The van der Waals surface area contributed by atoms with Gasteiger partial charge in [0.25, 0.3) is 0 Å². The van der Waals surface area contributed by atoms with Crippen LogP contribution in [0.25, 0.3) is 0 Å². The summed E-state index contributed by atoms with van der Waals surface area (Å²) in [5.74, 6) is -2.66. The first-order valence-electron chi connectivity index (χ1n) is 3.79. The molecule has 0 radical (unpaired) electrons. The molecule has 0 bridgehead atoms. The van der Waals surface area contributed by atoms with Crippen molar-refractivity contribution in [1.82, 2.24) is 0 Å². The highest BCUT2D eigenvalue weighted by atomic mass is 79.9. The second-order valence-corrected chi connectivity index (χ2v) is 3.29. The largest absolute Gasteiger partial charge is 0.481 e. The molecule has 14 heavy (non-hydrogen) atoms. The predicted octanol–water partition coefficient (Wildman–Crippen LogP) is 2.49. The Morgan fingerprint density at radius 3 is 2.57 bits per heavy atom. The summed E-state index contributed by atoms with van der Waals surface area (Å²) < 4.78 is 25.9. The van der Waals surface area contributed by atoms with Gasteiger partial charge in [0, 0.05) is 17.0 Å². The van der Waals surface area contributed by atoms with Crippen molar-refractivity contribution in [3.8, 4) is 0 Å². The second kappa shape index (κ2) is 4.50. The molecule has 5 heteroatoms. The van der Waals surface area contributed by atoms with E-state index < -0.39 is 24.0 Å². The van der Waals surface area contributed by atoms with Gasteiger partial charge in [0.15, 0.2) is 0 Å². The third kappa shape index (κ3) is 2.51. The zero-order valence-corrected chi connectivity index (χ0v) is 8.64. The maximum Gasteiger partial charge on any atom is 0.307 e. The number of hydrogen-bond donors (Lipinski definition) is 1. The van der Waals surface area contributed by atoms with Crippen molar-refractivity contribution in [2.24, 2.45) is 0 Å². The molecule has 1 N–H and O–H groups in total. The topological polar surface area (TPSA) is 37.3 Å². The SMILES string of the molecule is O=C(O)Cc1c(F)cc(F)cc1CBr. The van der Waals surface area contributed by atoms with Gasteiger partial charge >= 0.3 is 5.97 Å². The van der Waals surface area contributed by atoms with E-state index in [-0.39, 0.29) is 10.9 Å². The molecule has 1 aromatic carbocycles. The van der Waals surface area contributed by atoms with Crippen molar-refractivity contribution in [1.29, 1.82) is 0 Å². The van der Waals surface area contributed by atoms with Crippen LogP contribution < -0.4 is 0 Å². The summed E-state index contributed by atoms with van der Waals surface area (Å²) in [7, 11) is 0. The van der Waals surface area contributed by atoms with E-state index in [2.05, 4.69) is 15.9 Å². The predicted molar refractivity (Wildman–Crippen MR) is 50.3 cm³/mol. The molecule has 2 nitrogen and oxygen atoms in total. The van der Waals surface area contributed by atoms with Crippen LogP contribution in [0, 0.1) is 11.6 Å². The molecule has 0 aliphatic rings. The summed E-state index contributed by atoms with van der Waals surface area (Å²) in [6.07, 6.45) is -0.437. The molecule has 0 saturated heterocycles. The lowest BCUT2D eigenvalue weighted by Crippen LogP contribution is -2.06. The minimum atomic E-state index is -1.14. The summed E-state index contributed by atoms with van der Waals surface area (Å²) in [6.45, 7) is 0. The van der Waals surface area contributed by atoms with Gasteiger partial charge in [0.2, 0.25) is 0 Å². The number of alkyl halides is 1. The number of carboxylic acids is 1. The van der Waals surface area contributed by atoms with Crippen molar-refractivity contribution in [3.63, 3.8) is 0 Å². The number of halogens is 3. The second-order valence-electron chi connectivity index (χ2n) is 2.73. The molecule has 0 spiro atoms. The van der Waals surface area contributed by atoms with Crippen LogP contribution in [0.15, 0.2) is 12.1 Å². The fourth-order valence-electron chi connectivity index (χ4n) is 1.13. The van der Waals surface area contributed by atoms with Gasteiger partial charge < -0.3 is 5.11 Å². The van der Waals surface area contributed by atoms with E-state index in [0.717, 1.165) is 6.07 Å². The number of aliphatic carboxylic acids is 1. The number of hydrogen-bond acceptors (Lipinski definition) is 1. The number of benzene rings is 1. The summed E-state index contributed by atoms with van der Waals surface area (Å²) in [6, 6.07) is 1.81. The number of rotatable bonds is 3. The molecule has 0 atom stereocenters. The Bertz CT molecular complexity index is 366. The van der Waals surface area contributed by atoms with Crippen LogP contribution in [0.5, 0.6) is 0 Å². The maximum atomic E-state index is 13.1. The van der Waals surface area contributed by atoms with E-state index in [9.17, 15) is 13.6 Å². The van der Waals surface area contributed by atoms with E-state index in [4.69, 9.17) is 5.11 Å². The van der Waals surface area contributed by atoms with Gasteiger partial charge in [0.1, 0.15) is 11.6 Å². The van der Waals surface area contributed by atoms with Gasteiger partial charge in [-0.2, -0.15) is 0 Å². The van der Waals surface area contributed by atoms with E-state index >= 15 is 0 Å². The average molecular weight is 265 g/mol. The lowest BCUT2D eigenvalue weighted by Gasteiger charge is -2.06. The molecule has 0 aliphatic carbocycles. The fourth-order valence-corrected chi connectivity index (χ4v) is 1.63. The lowest BCUT2D eigenvalue weighted by atomic mass is 10.1. The molecule has 0 saturated carbocycles. The van der Waals surface area contributed by atoms with Crippen molar-refractivity contribution in [2.45, 2.75) is 11.8 Å². The van der Waals surface area contributed by atoms with E-state index in [1.54, 1.807) is 0 Å².